The molecular formula is C18H17N3O4. The number of carbonyl (C=O) groups is 2. The van der Waals surface area contributed by atoms with Crippen molar-refractivity contribution in [3.63, 3.8) is 0 Å². The number of urea groups is 1. The summed E-state index contributed by atoms with van der Waals surface area (Å²) in [6.07, 6.45) is 0. The molecule has 1 fully saturated rings. The van der Waals surface area contributed by atoms with Crippen LogP contribution in [-0.4, -0.2) is 31.3 Å². The van der Waals surface area contributed by atoms with Gasteiger partial charge in [-0.25, -0.2) is 4.79 Å². The summed E-state index contributed by atoms with van der Waals surface area (Å²) in [5.41, 5.74) is 1.67. The van der Waals surface area contributed by atoms with E-state index in [1.807, 2.05) is 48.5 Å². The highest BCUT2D eigenvalue weighted by Crippen LogP contribution is 2.32. The topological polar surface area (TPSA) is 79.9 Å². The standard InChI is InChI=1S/C18H17N3O4/c22-17(19-9-12-6-7-15-16(8-12)25-11-24-15)14-10-21(18(23)20-14)13-4-2-1-3-5-13/h1-8,14H,9-11H2,(H,19,22)(H,20,23). The molecule has 7 heteroatoms. The third-order valence-electron chi connectivity index (χ3n) is 4.20. The fourth-order valence-corrected chi connectivity index (χ4v) is 2.88. The van der Waals surface area contributed by atoms with Crippen molar-refractivity contribution in [2.45, 2.75) is 12.6 Å². The fourth-order valence-electron chi connectivity index (χ4n) is 2.88. The molecule has 4 rings (SSSR count). The first kappa shape index (κ1) is 15.3. The average molecular weight is 339 g/mol. The van der Waals surface area contributed by atoms with Gasteiger partial charge in [0.05, 0.1) is 6.54 Å². The summed E-state index contributed by atoms with van der Waals surface area (Å²) in [7, 11) is 0. The largest absolute Gasteiger partial charge is 0.454 e. The zero-order chi connectivity index (χ0) is 17.2. The van der Waals surface area contributed by atoms with Crippen LogP contribution in [0.2, 0.25) is 0 Å². The van der Waals surface area contributed by atoms with E-state index in [4.69, 9.17) is 9.47 Å². The second kappa shape index (κ2) is 6.35. The Bertz CT molecular complexity index is 809. The number of anilines is 1. The molecule has 2 aromatic carbocycles. The Morgan fingerprint density at radius 3 is 2.80 bits per heavy atom. The summed E-state index contributed by atoms with van der Waals surface area (Å²) < 4.78 is 10.6. The zero-order valence-electron chi connectivity index (χ0n) is 13.4. The molecule has 2 aliphatic heterocycles. The second-order valence-electron chi connectivity index (χ2n) is 5.85. The third-order valence-corrected chi connectivity index (χ3v) is 4.20. The van der Waals surface area contributed by atoms with Crippen LogP contribution in [0.15, 0.2) is 48.5 Å². The van der Waals surface area contributed by atoms with E-state index >= 15 is 0 Å². The van der Waals surface area contributed by atoms with Crippen molar-refractivity contribution in [3.05, 3.63) is 54.1 Å². The van der Waals surface area contributed by atoms with Crippen LogP contribution in [0.1, 0.15) is 5.56 Å². The van der Waals surface area contributed by atoms with Gasteiger partial charge in [-0.2, -0.15) is 0 Å². The van der Waals surface area contributed by atoms with E-state index < -0.39 is 6.04 Å². The molecule has 1 unspecified atom stereocenters. The van der Waals surface area contributed by atoms with Gasteiger partial charge in [0.15, 0.2) is 11.5 Å². The number of hydrogen-bond acceptors (Lipinski definition) is 4. The Hall–Kier alpha value is -3.22. The quantitative estimate of drug-likeness (QED) is 0.887. The van der Waals surface area contributed by atoms with Crippen LogP contribution in [0.25, 0.3) is 0 Å². The monoisotopic (exact) mass is 339 g/mol. The number of benzene rings is 2. The van der Waals surface area contributed by atoms with Crippen molar-refractivity contribution >= 4 is 17.6 Å². The first-order valence-electron chi connectivity index (χ1n) is 8.00. The SMILES string of the molecule is O=C(NCc1ccc2c(c1)OCO2)C1CN(c2ccccc2)C(=O)N1. The molecule has 7 nitrogen and oxygen atoms in total. The predicted molar refractivity (Wildman–Crippen MR) is 90.5 cm³/mol. The predicted octanol–water partition coefficient (Wildman–Crippen LogP) is 1.63. The van der Waals surface area contributed by atoms with Crippen LogP contribution in [0.4, 0.5) is 10.5 Å². The van der Waals surface area contributed by atoms with Crippen LogP contribution in [0.5, 0.6) is 11.5 Å². The lowest BCUT2D eigenvalue weighted by Gasteiger charge is -2.14. The van der Waals surface area contributed by atoms with E-state index in [-0.39, 0.29) is 18.7 Å². The number of nitrogens with one attached hydrogen (secondary N) is 2. The first-order valence-corrected chi connectivity index (χ1v) is 8.00. The van der Waals surface area contributed by atoms with E-state index in [0.29, 0.717) is 24.6 Å². The Morgan fingerprint density at radius 2 is 1.96 bits per heavy atom. The summed E-state index contributed by atoms with van der Waals surface area (Å²) in [5.74, 6) is 1.16. The van der Waals surface area contributed by atoms with Crippen molar-refractivity contribution in [2.75, 3.05) is 18.2 Å². The number of nitrogens with zero attached hydrogens (tertiary/aromatic N) is 1. The van der Waals surface area contributed by atoms with Gasteiger partial charge >= 0.3 is 6.03 Å². The molecule has 0 radical (unpaired) electrons. The van der Waals surface area contributed by atoms with Crippen molar-refractivity contribution in [3.8, 4) is 11.5 Å². The van der Waals surface area contributed by atoms with E-state index in [1.165, 1.54) is 0 Å². The molecule has 1 saturated heterocycles. The van der Waals surface area contributed by atoms with E-state index in [2.05, 4.69) is 10.6 Å². The Morgan fingerprint density at radius 1 is 1.16 bits per heavy atom. The number of rotatable bonds is 4. The number of hydrogen-bond donors (Lipinski definition) is 2. The lowest BCUT2D eigenvalue weighted by atomic mass is 10.2. The molecule has 2 heterocycles. The molecule has 25 heavy (non-hydrogen) atoms. The summed E-state index contributed by atoms with van der Waals surface area (Å²) in [6.45, 7) is 0.873. The third kappa shape index (κ3) is 3.08. The molecule has 2 aromatic rings. The number of ether oxygens (including phenoxy) is 2. The van der Waals surface area contributed by atoms with Gasteiger partial charge in [0.25, 0.3) is 0 Å². The molecule has 0 aromatic heterocycles. The molecule has 0 bridgehead atoms. The highest BCUT2D eigenvalue weighted by Gasteiger charge is 2.34. The average Bonchev–Trinajstić information content (AvgIpc) is 3.26. The Balaban J connectivity index is 1.36. The lowest BCUT2D eigenvalue weighted by molar-refractivity contribution is -0.122. The van der Waals surface area contributed by atoms with Crippen molar-refractivity contribution in [1.29, 1.82) is 0 Å². The van der Waals surface area contributed by atoms with Crippen LogP contribution in [0.3, 0.4) is 0 Å². The van der Waals surface area contributed by atoms with Gasteiger partial charge in [-0.05, 0) is 29.8 Å². The maximum absolute atomic E-state index is 12.4. The highest BCUT2D eigenvalue weighted by molar-refractivity contribution is 6.00. The summed E-state index contributed by atoms with van der Waals surface area (Å²) in [5, 5.41) is 5.56. The maximum Gasteiger partial charge on any atom is 0.322 e. The molecule has 3 amide bonds. The van der Waals surface area contributed by atoms with Crippen LogP contribution >= 0.6 is 0 Å². The molecule has 1 atom stereocenters. The van der Waals surface area contributed by atoms with Crippen molar-refractivity contribution in [1.82, 2.24) is 10.6 Å². The Labute approximate surface area is 144 Å². The minimum absolute atomic E-state index is 0.217. The van der Waals surface area contributed by atoms with Crippen LogP contribution in [0, 0.1) is 0 Å². The molecule has 0 spiro atoms. The summed E-state index contributed by atoms with van der Waals surface area (Å²) >= 11 is 0. The van der Waals surface area contributed by atoms with Gasteiger partial charge in [0.1, 0.15) is 6.04 Å². The van der Waals surface area contributed by atoms with Gasteiger partial charge < -0.3 is 20.1 Å². The maximum atomic E-state index is 12.4. The minimum atomic E-state index is -0.582. The Kier molecular flexibility index (Phi) is 3.89. The first-order chi connectivity index (χ1) is 12.2. The smallest absolute Gasteiger partial charge is 0.322 e. The summed E-state index contributed by atoms with van der Waals surface area (Å²) in [4.78, 5) is 26.0. The number of carbonyl (C=O) groups excluding carboxylic acids is 2. The summed E-state index contributed by atoms with van der Waals surface area (Å²) in [6, 6.07) is 14.0. The molecule has 0 aliphatic carbocycles. The molecule has 2 aliphatic rings. The fraction of sp³-hybridized carbons (Fsp3) is 0.222. The molecule has 2 N–H and O–H groups in total. The number of para-hydroxylation sites is 1. The van der Waals surface area contributed by atoms with Gasteiger partial charge in [-0.1, -0.05) is 24.3 Å². The number of amides is 3. The van der Waals surface area contributed by atoms with Gasteiger partial charge in [-0.3, -0.25) is 9.69 Å². The molecule has 128 valence electrons. The molecular weight excluding hydrogens is 322 g/mol. The van der Waals surface area contributed by atoms with Crippen LogP contribution in [-0.2, 0) is 11.3 Å². The van der Waals surface area contributed by atoms with E-state index in [9.17, 15) is 9.59 Å². The van der Waals surface area contributed by atoms with E-state index in [1.54, 1.807) is 4.90 Å². The van der Waals surface area contributed by atoms with Gasteiger partial charge in [0.2, 0.25) is 12.7 Å². The second-order valence-corrected chi connectivity index (χ2v) is 5.85. The lowest BCUT2D eigenvalue weighted by Crippen LogP contribution is -2.42. The van der Waals surface area contributed by atoms with Crippen molar-refractivity contribution in [2.24, 2.45) is 0 Å². The number of fused-ring (bicyclic) bond motifs is 1. The minimum Gasteiger partial charge on any atom is -0.454 e. The highest BCUT2D eigenvalue weighted by atomic mass is 16.7. The van der Waals surface area contributed by atoms with Gasteiger partial charge in [-0.15, -0.1) is 0 Å². The zero-order valence-corrected chi connectivity index (χ0v) is 13.4. The van der Waals surface area contributed by atoms with Crippen molar-refractivity contribution < 1.29 is 19.1 Å². The van der Waals surface area contributed by atoms with E-state index in [0.717, 1.165) is 11.3 Å². The van der Waals surface area contributed by atoms with Gasteiger partial charge in [0, 0.05) is 12.2 Å². The van der Waals surface area contributed by atoms with Crippen LogP contribution < -0.4 is 25.0 Å². The molecule has 0 saturated carbocycles. The normalized spacial score (nSPS) is 18.2.